The van der Waals surface area contributed by atoms with Crippen molar-refractivity contribution in [3.8, 4) is 5.75 Å². The van der Waals surface area contributed by atoms with Gasteiger partial charge in [0, 0.05) is 18.7 Å². The summed E-state index contributed by atoms with van der Waals surface area (Å²) in [6.07, 6.45) is 5.16. The van der Waals surface area contributed by atoms with E-state index < -0.39 is 11.6 Å². The van der Waals surface area contributed by atoms with E-state index in [1.807, 2.05) is 88.4 Å². The monoisotopic (exact) mass is 803 g/mol. The first kappa shape index (κ1) is 40.9. The highest BCUT2D eigenvalue weighted by atomic mass is 32.1. The Balaban J connectivity index is 0.959. The Morgan fingerprint density at radius 1 is 0.914 bits per heavy atom. The number of para-hydroxylation sites is 1. The van der Waals surface area contributed by atoms with Crippen LogP contribution in [0.5, 0.6) is 5.75 Å². The largest absolute Gasteiger partial charge is 0.494 e. The Bertz CT molecular complexity index is 2190. The van der Waals surface area contributed by atoms with Crippen LogP contribution in [-0.2, 0) is 40.1 Å². The summed E-state index contributed by atoms with van der Waals surface area (Å²) < 4.78 is 18.1. The summed E-state index contributed by atoms with van der Waals surface area (Å²) in [5.74, 6) is 1.27. The summed E-state index contributed by atoms with van der Waals surface area (Å²) in [5, 5.41) is 3.58. The molecule has 12 heteroatoms. The number of benzene rings is 3. The first-order chi connectivity index (χ1) is 28.0. The van der Waals surface area contributed by atoms with E-state index in [9.17, 15) is 14.4 Å². The van der Waals surface area contributed by atoms with Crippen molar-refractivity contribution in [2.24, 2.45) is 5.92 Å². The van der Waals surface area contributed by atoms with Crippen LogP contribution in [-0.4, -0.2) is 77.7 Å². The summed E-state index contributed by atoms with van der Waals surface area (Å²) in [5.41, 5.74) is 5.22. The molecule has 2 aromatic heterocycles. The zero-order valence-corrected chi connectivity index (χ0v) is 34.7. The molecule has 3 aromatic carbocycles. The minimum Gasteiger partial charge on any atom is -0.494 e. The van der Waals surface area contributed by atoms with Crippen LogP contribution >= 0.6 is 11.3 Å². The van der Waals surface area contributed by atoms with E-state index >= 15 is 0 Å². The number of nitrogens with zero attached hydrogens (tertiary/aromatic N) is 4. The third-order valence-corrected chi connectivity index (χ3v) is 11.5. The van der Waals surface area contributed by atoms with Gasteiger partial charge in [-0.1, -0.05) is 53.8 Å². The van der Waals surface area contributed by atoms with Crippen molar-refractivity contribution in [2.45, 2.75) is 78.4 Å². The normalized spacial score (nSPS) is 14.9. The van der Waals surface area contributed by atoms with Crippen LogP contribution < -0.4 is 15.0 Å². The van der Waals surface area contributed by atoms with Crippen molar-refractivity contribution >= 4 is 50.3 Å². The SMILES string of the molecule is CCOC(=O)CN1CCC(Cc2ccc(OCCCc3ccc(N4CCc5cccc(C(=O)Nc6nc7ccccc7s6)c5C4)nc3C(=O)OC(C)(C)C)cc2)CC1. The topological polar surface area (TPSA) is 123 Å². The van der Waals surface area contributed by atoms with Gasteiger partial charge in [0.2, 0.25) is 0 Å². The number of esters is 2. The molecule has 0 aliphatic carbocycles. The molecule has 2 aliphatic rings. The summed E-state index contributed by atoms with van der Waals surface area (Å²) in [6, 6.07) is 25.9. The lowest BCUT2D eigenvalue weighted by molar-refractivity contribution is -0.144. The van der Waals surface area contributed by atoms with Gasteiger partial charge in [0.15, 0.2) is 10.8 Å². The van der Waals surface area contributed by atoms with Crippen molar-refractivity contribution < 1.29 is 28.6 Å². The van der Waals surface area contributed by atoms with Gasteiger partial charge < -0.3 is 19.1 Å². The molecule has 0 saturated carbocycles. The highest BCUT2D eigenvalue weighted by Crippen LogP contribution is 2.30. The minimum atomic E-state index is -0.682. The average Bonchev–Trinajstić information content (AvgIpc) is 3.62. The van der Waals surface area contributed by atoms with E-state index in [2.05, 4.69) is 38.3 Å². The molecule has 1 N–H and O–H groups in total. The molecule has 11 nitrogen and oxygen atoms in total. The molecule has 4 heterocycles. The van der Waals surface area contributed by atoms with Gasteiger partial charge in [-0.3, -0.25) is 19.8 Å². The molecular weight excluding hydrogens is 751 g/mol. The molecule has 7 rings (SSSR count). The molecular formula is C46H53N5O6S. The molecule has 58 heavy (non-hydrogen) atoms. The number of piperidine rings is 1. The van der Waals surface area contributed by atoms with Gasteiger partial charge in [-0.25, -0.2) is 14.8 Å². The Morgan fingerprint density at radius 3 is 2.47 bits per heavy atom. The maximum absolute atomic E-state index is 13.6. The van der Waals surface area contributed by atoms with E-state index in [-0.39, 0.29) is 11.9 Å². The van der Waals surface area contributed by atoms with Crippen molar-refractivity contribution in [1.82, 2.24) is 14.9 Å². The predicted octanol–water partition coefficient (Wildman–Crippen LogP) is 8.29. The highest BCUT2D eigenvalue weighted by molar-refractivity contribution is 7.22. The van der Waals surface area contributed by atoms with Gasteiger partial charge in [-0.05, 0) is 144 Å². The molecule has 0 bridgehead atoms. The standard InChI is InChI=1S/C46H53N5O6S/c1-5-55-41(52)30-50-24-21-32(22-25-50)28-31-15-18-35(19-16-31)56-27-9-11-34-17-20-40(48-42(34)44(54)57-46(2,3)4)51-26-23-33-10-8-12-36(37(33)29-51)43(53)49-45-47-38-13-6-7-14-39(38)58-45/h6-8,10,12-20,32H,5,9,11,21-30H2,1-4H3,(H,47,49,53). The number of pyridine rings is 1. The molecule has 2 aliphatic heterocycles. The maximum Gasteiger partial charge on any atom is 0.357 e. The van der Waals surface area contributed by atoms with E-state index in [4.69, 9.17) is 19.2 Å². The van der Waals surface area contributed by atoms with E-state index in [1.165, 1.54) is 16.9 Å². The molecule has 1 saturated heterocycles. The fraction of sp³-hybridized carbons (Fsp3) is 0.413. The van der Waals surface area contributed by atoms with E-state index in [0.717, 1.165) is 71.4 Å². The fourth-order valence-corrected chi connectivity index (χ4v) is 8.54. The second-order valence-electron chi connectivity index (χ2n) is 16.1. The van der Waals surface area contributed by atoms with Crippen LogP contribution in [0.3, 0.4) is 0 Å². The van der Waals surface area contributed by atoms with Gasteiger partial charge >= 0.3 is 11.9 Å². The number of amides is 1. The van der Waals surface area contributed by atoms with Gasteiger partial charge in [-0.15, -0.1) is 0 Å². The summed E-state index contributed by atoms with van der Waals surface area (Å²) in [7, 11) is 0. The average molecular weight is 804 g/mol. The van der Waals surface area contributed by atoms with Gasteiger partial charge in [0.1, 0.15) is 17.2 Å². The van der Waals surface area contributed by atoms with Crippen LogP contribution in [0.25, 0.3) is 10.2 Å². The number of rotatable bonds is 14. The Morgan fingerprint density at radius 2 is 1.71 bits per heavy atom. The molecule has 1 amide bonds. The zero-order chi connectivity index (χ0) is 40.6. The van der Waals surface area contributed by atoms with Crippen LogP contribution in [0.15, 0.2) is 78.9 Å². The third kappa shape index (κ3) is 10.6. The number of carbonyl (C=O) groups is 3. The number of fused-ring (bicyclic) bond motifs is 2. The summed E-state index contributed by atoms with van der Waals surface area (Å²) in [4.78, 5) is 52.9. The number of aromatic nitrogens is 2. The number of nitrogens with one attached hydrogen (secondary N) is 1. The minimum absolute atomic E-state index is 0.143. The molecule has 0 atom stereocenters. The molecule has 0 unspecified atom stereocenters. The van der Waals surface area contributed by atoms with Crippen molar-refractivity contribution in [2.75, 3.05) is 49.6 Å². The van der Waals surface area contributed by atoms with Crippen molar-refractivity contribution in [1.29, 1.82) is 0 Å². The lowest BCUT2D eigenvalue weighted by Gasteiger charge is -2.31. The fourth-order valence-electron chi connectivity index (χ4n) is 7.68. The Labute approximate surface area is 344 Å². The van der Waals surface area contributed by atoms with Gasteiger partial charge in [0.05, 0.1) is 30.0 Å². The van der Waals surface area contributed by atoms with Crippen LogP contribution in [0, 0.1) is 5.92 Å². The van der Waals surface area contributed by atoms with Crippen molar-refractivity contribution in [3.05, 3.63) is 112 Å². The van der Waals surface area contributed by atoms with Crippen LogP contribution in [0.4, 0.5) is 10.9 Å². The number of aryl methyl sites for hydroxylation is 1. The molecule has 5 aromatic rings. The lowest BCUT2D eigenvalue weighted by atomic mass is 9.90. The summed E-state index contributed by atoms with van der Waals surface area (Å²) in [6.45, 7) is 11.7. The highest BCUT2D eigenvalue weighted by Gasteiger charge is 2.27. The Hall–Kier alpha value is -5.33. The second-order valence-corrected chi connectivity index (χ2v) is 17.1. The second kappa shape index (κ2) is 18.5. The van der Waals surface area contributed by atoms with Crippen LogP contribution in [0.1, 0.15) is 90.1 Å². The van der Waals surface area contributed by atoms with Gasteiger partial charge in [-0.2, -0.15) is 0 Å². The van der Waals surface area contributed by atoms with E-state index in [0.29, 0.717) is 73.8 Å². The number of ether oxygens (including phenoxy) is 3. The number of hydrogen-bond donors (Lipinski definition) is 1. The smallest absolute Gasteiger partial charge is 0.357 e. The number of thiazole rings is 1. The van der Waals surface area contributed by atoms with Crippen LogP contribution in [0.2, 0.25) is 0 Å². The zero-order valence-electron chi connectivity index (χ0n) is 33.9. The number of carbonyl (C=O) groups excluding carboxylic acids is 3. The molecule has 304 valence electrons. The lowest BCUT2D eigenvalue weighted by Crippen LogP contribution is -2.38. The Kier molecular flexibility index (Phi) is 13.0. The first-order valence-corrected chi connectivity index (χ1v) is 21.2. The number of likely N-dealkylation sites (tertiary alicyclic amines) is 1. The number of hydrogen-bond acceptors (Lipinski definition) is 11. The summed E-state index contributed by atoms with van der Waals surface area (Å²) >= 11 is 1.45. The van der Waals surface area contributed by atoms with Crippen molar-refractivity contribution in [3.63, 3.8) is 0 Å². The molecule has 0 radical (unpaired) electrons. The van der Waals surface area contributed by atoms with E-state index in [1.54, 1.807) is 0 Å². The third-order valence-electron chi connectivity index (χ3n) is 10.6. The maximum atomic E-state index is 13.6. The quantitative estimate of drug-likeness (QED) is 0.0867. The predicted molar refractivity (Wildman–Crippen MR) is 228 cm³/mol. The van der Waals surface area contributed by atoms with Gasteiger partial charge in [0.25, 0.3) is 5.91 Å². The number of anilines is 2. The first-order valence-electron chi connectivity index (χ1n) is 20.4. The molecule has 0 spiro atoms. The molecule has 1 fully saturated rings.